The van der Waals surface area contributed by atoms with Gasteiger partial charge in [-0.1, -0.05) is 36.4 Å². The van der Waals surface area contributed by atoms with E-state index in [0.717, 1.165) is 16.5 Å². The lowest BCUT2D eigenvalue weighted by molar-refractivity contribution is -0.384. The molecule has 0 aliphatic heterocycles. The first-order chi connectivity index (χ1) is 18.4. The minimum atomic E-state index is -0.687. The van der Waals surface area contributed by atoms with Crippen LogP contribution in [0, 0.1) is 10.1 Å². The molecule has 0 heterocycles. The molecule has 0 spiro atoms. The Bertz CT molecular complexity index is 1500. The maximum Gasteiger partial charge on any atom is 0.343 e. The minimum Gasteiger partial charge on any atom is -0.490 e. The summed E-state index contributed by atoms with van der Waals surface area (Å²) in [5.41, 5.74) is 3.96. The number of hydrogen-bond acceptors (Lipinski definition) is 8. The molecule has 0 aliphatic rings. The molecule has 1 amide bonds. The number of rotatable bonds is 10. The van der Waals surface area contributed by atoms with Crippen LogP contribution in [0.25, 0.3) is 10.8 Å². The third-order valence-electron chi connectivity index (χ3n) is 5.42. The molecule has 0 aromatic heterocycles. The van der Waals surface area contributed by atoms with Crippen LogP contribution >= 0.6 is 0 Å². The lowest BCUT2D eigenvalue weighted by Gasteiger charge is -2.11. The van der Waals surface area contributed by atoms with Crippen molar-refractivity contribution in [3.05, 3.63) is 106 Å². The van der Waals surface area contributed by atoms with Crippen molar-refractivity contribution in [3.63, 3.8) is 0 Å². The number of nitro benzene ring substituents is 1. The Morgan fingerprint density at radius 3 is 2.50 bits per heavy atom. The van der Waals surface area contributed by atoms with Gasteiger partial charge in [0.05, 0.1) is 29.9 Å². The van der Waals surface area contributed by atoms with E-state index in [2.05, 4.69) is 15.8 Å². The molecule has 38 heavy (non-hydrogen) atoms. The SMILES string of the molecule is CCOc1cc(C=NNC(=O)CNc2cccc3ccccc23)ccc1OC(=O)c1ccc([N+](=O)[O-])cc1. The zero-order chi connectivity index (χ0) is 26.9. The summed E-state index contributed by atoms with van der Waals surface area (Å²) in [4.78, 5) is 35.0. The molecule has 0 atom stereocenters. The maximum absolute atomic E-state index is 12.5. The lowest BCUT2D eigenvalue weighted by atomic mass is 10.1. The minimum absolute atomic E-state index is 0.0348. The summed E-state index contributed by atoms with van der Waals surface area (Å²) in [6.45, 7) is 2.14. The Morgan fingerprint density at radius 2 is 1.74 bits per heavy atom. The van der Waals surface area contributed by atoms with Crippen LogP contribution in [0.4, 0.5) is 11.4 Å². The van der Waals surface area contributed by atoms with Gasteiger partial charge in [0.1, 0.15) is 0 Å². The fraction of sp³-hybridized carbons (Fsp3) is 0.107. The van der Waals surface area contributed by atoms with Gasteiger partial charge in [-0.15, -0.1) is 0 Å². The topological polar surface area (TPSA) is 132 Å². The smallest absolute Gasteiger partial charge is 0.343 e. The number of carbonyl (C=O) groups excluding carboxylic acids is 2. The van der Waals surface area contributed by atoms with Gasteiger partial charge in [-0.05, 0) is 54.3 Å². The molecular weight excluding hydrogens is 488 g/mol. The molecule has 0 saturated carbocycles. The Balaban J connectivity index is 1.36. The summed E-state index contributed by atoms with van der Waals surface area (Å²) < 4.78 is 11.0. The zero-order valence-corrected chi connectivity index (χ0v) is 20.4. The van der Waals surface area contributed by atoms with Crippen molar-refractivity contribution in [3.8, 4) is 11.5 Å². The van der Waals surface area contributed by atoms with E-state index in [4.69, 9.17) is 9.47 Å². The number of ether oxygens (including phenoxy) is 2. The van der Waals surface area contributed by atoms with Gasteiger partial charge in [-0.2, -0.15) is 5.10 Å². The molecule has 0 bridgehead atoms. The van der Waals surface area contributed by atoms with Crippen molar-refractivity contribution in [2.24, 2.45) is 5.10 Å². The van der Waals surface area contributed by atoms with Crippen LogP contribution in [-0.2, 0) is 4.79 Å². The van der Waals surface area contributed by atoms with Crippen molar-refractivity contribution in [2.75, 3.05) is 18.5 Å². The van der Waals surface area contributed by atoms with Gasteiger partial charge >= 0.3 is 5.97 Å². The zero-order valence-electron chi connectivity index (χ0n) is 20.4. The molecule has 4 aromatic rings. The molecule has 2 N–H and O–H groups in total. The van der Waals surface area contributed by atoms with Gasteiger partial charge in [0.15, 0.2) is 11.5 Å². The summed E-state index contributed by atoms with van der Waals surface area (Å²) in [7, 11) is 0. The lowest BCUT2D eigenvalue weighted by Crippen LogP contribution is -2.25. The molecule has 0 unspecified atom stereocenters. The second-order valence-corrected chi connectivity index (χ2v) is 8.01. The molecule has 10 heteroatoms. The van der Waals surface area contributed by atoms with Crippen molar-refractivity contribution in [2.45, 2.75) is 6.92 Å². The number of nitro groups is 1. The van der Waals surface area contributed by atoms with Crippen LogP contribution in [0.15, 0.2) is 90.0 Å². The van der Waals surface area contributed by atoms with Crippen LogP contribution in [0.5, 0.6) is 11.5 Å². The number of esters is 1. The molecule has 192 valence electrons. The van der Waals surface area contributed by atoms with E-state index < -0.39 is 10.9 Å². The fourth-order valence-electron chi connectivity index (χ4n) is 3.61. The molecular formula is C28H24N4O6. The Morgan fingerprint density at radius 1 is 0.974 bits per heavy atom. The van der Waals surface area contributed by atoms with Crippen LogP contribution in [0.2, 0.25) is 0 Å². The number of nitrogens with one attached hydrogen (secondary N) is 2. The van der Waals surface area contributed by atoms with E-state index in [0.29, 0.717) is 17.9 Å². The van der Waals surface area contributed by atoms with Crippen molar-refractivity contribution in [1.29, 1.82) is 0 Å². The van der Waals surface area contributed by atoms with Gasteiger partial charge in [-0.25, -0.2) is 10.2 Å². The predicted octanol–water partition coefficient (Wildman–Crippen LogP) is 4.93. The fourth-order valence-corrected chi connectivity index (χ4v) is 3.61. The number of hydrogen-bond donors (Lipinski definition) is 2. The molecule has 4 rings (SSSR count). The van der Waals surface area contributed by atoms with E-state index >= 15 is 0 Å². The first kappa shape index (κ1) is 25.8. The Labute approximate surface area is 218 Å². The quantitative estimate of drug-likeness (QED) is 0.101. The highest BCUT2D eigenvalue weighted by Crippen LogP contribution is 2.29. The number of nitrogens with zero attached hydrogens (tertiary/aromatic N) is 2. The van der Waals surface area contributed by atoms with Gasteiger partial charge in [-0.3, -0.25) is 14.9 Å². The molecule has 0 saturated heterocycles. The second kappa shape index (κ2) is 12.1. The molecule has 0 fully saturated rings. The van der Waals surface area contributed by atoms with E-state index in [-0.39, 0.29) is 29.5 Å². The molecule has 0 radical (unpaired) electrons. The molecule has 0 aliphatic carbocycles. The van der Waals surface area contributed by atoms with Gasteiger partial charge in [0, 0.05) is 23.2 Å². The number of hydrazone groups is 1. The third-order valence-corrected chi connectivity index (χ3v) is 5.42. The second-order valence-electron chi connectivity index (χ2n) is 8.01. The number of benzene rings is 4. The van der Waals surface area contributed by atoms with Crippen molar-refractivity contribution >= 4 is 40.2 Å². The molecule has 4 aromatic carbocycles. The summed E-state index contributed by atoms with van der Waals surface area (Å²) in [5, 5.41) is 20.0. The standard InChI is InChI=1S/C28H24N4O6/c1-2-37-26-16-19(10-15-25(26)38-28(34)21-11-13-22(14-12-21)32(35)36)17-30-31-27(33)18-29-24-9-5-7-20-6-3-4-8-23(20)24/h3-17,29H,2,18H2,1H3,(H,31,33). The highest BCUT2D eigenvalue weighted by Gasteiger charge is 2.15. The average molecular weight is 513 g/mol. The van der Waals surface area contributed by atoms with E-state index in [1.54, 1.807) is 25.1 Å². The van der Waals surface area contributed by atoms with E-state index in [1.807, 2.05) is 42.5 Å². The highest BCUT2D eigenvalue weighted by molar-refractivity contribution is 5.95. The van der Waals surface area contributed by atoms with Crippen LogP contribution in [-0.4, -0.2) is 36.2 Å². The van der Waals surface area contributed by atoms with Crippen LogP contribution < -0.4 is 20.2 Å². The van der Waals surface area contributed by atoms with E-state index in [1.165, 1.54) is 30.5 Å². The number of fused-ring (bicyclic) bond motifs is 1. The van der Waals surface area contributed by atoms with Crippen molar-refractivity contribution in [1.82, 2.24) is 5.43 Å². The summed E-state index contributed by atoms with van der Waals surface area (Å²) in [6.07, 6.45) is 1.44. The highest BCUT2D eigenvalue weighted by atomic mass is 16.6. The average Bonchev–Trinajstić information content (AvgIpc) is 2.93. The largest absolute Gasteiger partial charge is 0.490 e. The number of amides is 1. The Kier molecular flexibility index (Phi) is 8.25. The molecule has 10 nitrogen and oxygen atoms in total. The monoisotopic (exact) mass is 512 g/mol. The third kappa shape index (κ3) is 6.49. The van der Waals surface area contributed by atoms with Crippen molar-refractivity contribution < 1.29 is 24.0 Å². The van der Waals surface area contributed by atoms with Gasteiger partial charge < -0.3 is 14.8 Å². The maximum atomic E-state index is 12.5. The van der Waals surface area contributed by atoms with Gasteiger partial charge in [0.25, 0.3) is 11.6 Å². The number of carbonyl (C=O) groups is 2. The summed E-state index contributed by atoms with van der Waals surface area (Å²) >= 11 is 0. The summed E-state index contributed by atoms with van der Waals surface area (Å²) in [6, 6.07) is 23.6. The van der Waals surface area contributed by atoms with E-state index in [9.17, 15) is 19.7 Å². The Hall–Kier alpha value is -5.25. The number of non-ortho nitro benzene ring substituents is 1. The van der Waals surface area contributed by atoms with Gasteiger partial charge in [0.2, 0.25) is 0 Å². The van der Waals surface area contributed by atoms with Crippen LogP contribution in [0.1, 0.15) is 22.8 Å². The number of anilines is 1. The predicted molar refractivity (Wildman–Crippen MR) is 144 cm³/mol. The normalized spacial score (nSPS) is 10.8. The first-order valence-electron chi connectivity index (χ1n) is 11.7. The van der Waals surface area contributed by atoms with Crippen LogP contribution in [0.3, 0.4) is 0 Å². The summed E-state index contributed by atoms with van der Waals surface area (Å²) in [5.74, 6) is -0.535. The first-order valence-corrected chi connectivity index (χ1v) is 11.7.